The molecule has 88 valence electrons. The normalized spacial score (nSPS) is 24.3. The van der Waals surface area contributed by atoms with Gasteiger partial charge in [0.25, 0.3) is 0 Å². The zero-order valence-electron chi connectivity index (χ0n) is 9.70. The Morgan fingerprint density at radius 2 is 2.40 bits per heavy atom. The van der Waals surface area contributed by atoms with Crippen molar-refractivity contribution in [3.8, 4) is 0 Å². The average Bonchev–Trinajstić information content (AvgIpc) is 2.19. The highest BCUT2D eigenvalue weighted by Gasteiger charge is 2.28. The molecule has 1 fully saturated rings. The first-order valence-corrected chi connectivity index (χ1v) is 5.85. The molecular weight excluding hydrogens is 192 g/mol. The van der Waals surface area contributed by atoms with E-state index in [2.05, 4.69) is 12.2 Å². The number of nitrogens with one attached hydrogen (secondary N) is 1. The molecule has 2 unspecified atom stereocenters. The van der Waals surface area contributed by atoms with Gasteiger partial charge in [-0.05, 0) is 32.7 Å². The lowest BCUT2D eigenvalue weighted by atomic mass is 10.0. The molecule has 15 heavy (non-hydrogen) atoms. The van der Waals surface area contributed by atoms with Gasteiger partial charge in [0.2, 0.25) is 5.91 Å². The summed E-state index contributed by atoms with van der Waals surface area (Å²) in [5, 5.41) is 12.5. The van der Waals surface area contributed by atoms with E-state index < -0.39 is 6.10 Å². The number of rotatable bonds is 5. The summed E-state index contributed by atoms with van der Waals surface area (Å²) in [4.78, 5) is 13.7. The number of aliphatic hydroxyl groups is 1. The fourth-order valence-corrected chi connectivity index (χ4v) is 1.95. The quantitative estimate of drug-likeness (QED) is 0.694. The van der Waals surface area contributed by atoms with Gasteiger partial charge >= 0.3 is 0 Å². The first-order valence-electron chi connectivity index (χ1n) is 5.85. The van der Waals surface area contributed by atoms with Crippen LogP contribution in [-0.2, 0) is 4.79 Å². The summed E-state index contributed by atoms with van der Waals surface area (Å²) < 4.78 is 0. The standard InChI is InChI=1S/C11H22N2O2/c1-3-6-12-10-5-4-7-13(11(10)15)8-9(2)14/h9-10,12,14H,3-8H2,1-2H3. The molecular formula is C11H22N2O2. The molecule has 0 bridgehead atoms. The number of likely N-dealkylation sites (tertiary alicyclic amines) is 1. The third-order valence-electron chi connectivity index (χ3n) is 2.66. The number of hydrogen-bond donors (Lipinski definition) is 2. The zero-order valence-corrected chi connectivity index (χ0v) is 9.70. The van der Waals surface area contributed by atoms with Crippen LogP contribution in [0, 0.1) is 0 Å². The van der Waals surface area contributed by atoms with Crippen LogP contribution in [-0.4, -0.2) is 47.7 Å². The molecule has 0 spiro atoms. The molecule has 2 N–H and O–H groups in total. The second-order valence-corrected chi connectivity index (χ2v) is 4.28. The summed E-state index contributed by atoms with van der Waals surface area (Å²) in [5.41, 5.74) is 0. The molecule has 0 radical (unpaired) electrons. The van der Waals surface area contributed by atoms with E-state index in [0.29, 0.717) is 6.54 Å². The molecule has 4 heteroatoms. The van der Waals surface area contributed by atoms with Crippen molar-refractivity contribution < 1.29 is 9.90 Å². The highest BCUT2D eigenvalue weighted by molar-refractivity contribution is 5.82. The van der Waals surface area contributed by atoms with Crippen LogP contribution in [0.25, 0.3) is 0 Å². The number of hydrogen-bond acceptors (Lipinski definition) is 3. The monoisotopic (exact) mass is 214 g/mol. The van der Waals surface area contributed by atoms with Crippen molar-refractivity contribution in [2.75, 3.05) is 19.6 Å². The van der Waals surface area contributed by atoms with Crippen LogP contribution in [0.1, 0.15) is 33.1 Å². The molecule has 0 aliphatic carbocycles. The third-order valence-corrected chi connectivity index (χ3v) is 2.66. The highest BCUT2D eigenvalue weighted by Crippen LogP contribution is 2.12. The van der Waals surface area contributed by atoms with Gasteiger partial charge in [0.1, 0.15) is 0 Å². The Balaban J connectivity index is 2.43. The van der Waals surface area contributed by atoms with Gasteiger partial charge in [-0.25, -0.2) is 0 Å². The van der Waals surface area contributed by atoms with E-state index >= 15 is 0 Å². The van der Waals surface area contributed by atoms with Gasteiger partial charge < -0.3 is 15.3 Å². The van der Waals surface area contributed by atoms with Crippen LogP contribution in [0.15, 0.2) is 0 Å². The van der Waals surface area contributed by atoms with Crippen molar-refractivity contribution in [2.24, 2.45) is 0 Å². The van der Waals surface area contributed by atoms with Crippen LogP contribution < -0.4 is 5.32 Å². The number of carbonyl (C=O) groups excluding carboxylic acids is 1. The van der Waals surface area contributed by atoms with Crippen LogP contribution in [0.3, 0.4) is 0 Å². The number of amides is 1. The van der Waals surface area contributed by atoms with Gasteiger partial charge in [0, 0.05) is 13.1 Å². The lowest BCUT2D eigenvalue weighted by Gasteiger charge is -2.33. The maximum atomic E-state index is 11.9. The predicted octanol–water partition coefficient (Wildman–Crippen LogP) is 0.358. The topological polar surface area (TPSA) is 52.6 Å². The number of piperidine rings is 1. The molecule has 1 rings (SSSR count). The summed E-state index contributed by atoms with van der Waals surface area (Å²) in [6, 6.07) is -0.0301. The SMILES string of the molecule is CCCNC1CCCN(CC(C)O)C1=O. The number of carbonyl (C=O) groups is 1. The fourth-order valence-electron chi connectivity index (χ4n) is 1.95. The fraction of sp³-hybridized carbons (Fsp3) is 0.909. The van der Waals surface area contributed by atoms with E-state index in [4.69, 9.17) is 0 Å². The van der Waals surface area contributed by atoms with E-state index in [1.807, 2.05) is 0 Å². The molecule has 1 aliphatic rings. The number of aliphatic hydroxyl groups excluding tert-OH is 1. The van der Waals surface area contributed by atoms with Crippen molar-refractivity contribution in [1.29, 1.82) is 0 Å². The van der Waals surface area contributed by atoms with Crippen molar-refractivity contribution in [1.82, 2.24) is 10.2 Å². The molecule has 4 nitrogen and oxygen atoms in total. The summed E-state index contributed by atoms with van der Waals surface area (Å²) in [6.45, 7) is 5.94. The van der Waals surface area contributed by atoms with Gasteiger partial charge in [-0.1, -0.05) is 6.92 Å². The summed E-state index contributed by atoms with van der Waals surface area (Å²) in [6.07, 6.45) is 2.56. The molecule has 0 aromatic heterocycles. The van der Waals surface area contributed by atoms with Crippen molar-refractivity contribution in [3.05, 3.63) is 0 Å². The van der Waals surface area contributed by atoms with Crippen LogP contribution >= 0.6 is 0 Å². The molecule has 2 atom stereocenters. The summed E-state index contributed by atoms with van der Waals surface area (Å²) in [5.74, 6) is 0.149. The van der Waals surface area contributed by atoms with Crippen molar-refractivity contribution in [2.45, 2.75) is 45.3 Å². The van der Waals surface area contributed by atoms with Crippen LogP contribution in [0.5, 0.6) is 0 Å². The second-order valence-electron chi connectivity index (χ2n) is 4.28. The van der Waals surface area contributed by atoms with Crippen LogP contribution in [0.4, 0.5) is 0 Å². The first kappa shape index (κ1) is 12.5. The largest absolute Gasteiger partial charge is 0.392 e. The maximum Gasteiger partial charge on any atom is 0.239 e. The van der Waals surface area contributed by atoms with E-state index in [1.54, 1.807) is 11.8 Å². The Bertz CT molecular complexity index is 207. The summed E-state index contributed by atoms with van der Waals surface area (Å²) >= 11 is 0. The van der Waals surface area contributed by atoms with E-state index in [-0.39, 0.29) is 11.9 Å². The lowest BCUT2D eigenvalue weighted by Crippen LogP contribution is -2.52. The van der Waals surface area contributed by atoms with E-state index in [1.165, 1.54) is 0 Å². The Labute approximate surface area is 91.6 Å². The number of β-amino-alcohol motifs (C(OH)–C–C–N with tert-alkyl or cyclic N) is 1. The molecule has 1 heterocycles. The minimum atomic E-state index is -0.432. The predicted molar refractivity (Wildman–Crippen MR) is 59.6 cm³/mol. The highest BCUT2D eigenvalue weighted by atomic mass is 16.3. The van der Waals surface area contributed by atoms with Gasteiger partial charge in [-0.2, -0.15) is 0 Å². The van der Waals surface area contributed by atoms with Gasteiger partial charge in [-0.15, -0.1) is 0 Å². The average molecular weight is 214 g/mol. The summed E-state index contributed by atoms with van der Waals surface area (Å²) in [7, 11) is 0. The van der Waals surface area contributed by atoms with Crippen LogP contribution in [0.2, 0.25) is 0 Å². The Hall–Kier alpha value is -0.610. The van der Waals surface area contributed by atoms with E-state index in [9.17, 15) is 9.90 Å². The molecule has 1 aliphatic heterocycles. The smallest absolute Gasteiger partial charge is 0.239 e. The van der Waals surface area contributed by atoms with Gasteiger partial charge in [-0.3, -0.25) is 4.79 Å². The molecule has 1 saturated heterocycles. The molecule has 0 aromatic carbocycles. The van der Waals surface area contributed by atoms with Gasteiger partial charge in [0.15, 0.2) is 0 Å². The molecule has 1 amide bonds. The first-order chi connectivity index (χ1) is 7.15. The third kappa shape index (κ3) is 3.80. The Kier molecular flexibility index (Phi) is 5.05. The van der Waals surface area contributed by atoms with Crippen molar-refractivity contribution >= 4 is 5.91 Å². The van der Waals surface area contributed by atoms with Crippen molar-refractivity contribution in [3.63, 3.8) is 0 Å². The van der Waals surface area contributed by atoms with Gasteiger partial charge in [0.05, 0.1) is 12.1 Å². The maximum absolute atomic E-state index is 11.9. The van der Waals surface area contributed by atoms with E-state index in [0.717, 1.165) is 32.4 Å². The lowest BCUT2D eigenvalue weighted by molar-refractivity contribution is -0.137. The molecule has 0 aromatic rings. The Morgan fingerprint density at radius 1 is 1.67 bits per heavy atom. The second kappa shape index (κ2) is 6.08. The number of nitrogens with zero attached hydrogens (tertiary/aromatic N) is 1. The minimum absolute atomic E-state index is 0.0301. The molecule has 0 saturated carbocycles. The Morgan fingerprint density at radius 3 is 3.00 bits per heavy atom. The minimum Gasteiger partial charge on any atom is -0.392 e. The zero-order chi connectivity index (χ0) is 11.3.